The van der Waals surface area contributed by atoms with Gasteiger partial charge in [0, 0.05) is 24.2 Å². The van der Waals surface area contributed by atoms with E-state index >= 15 is 0 Å². The van der Waals surface area contributed by atoms with E-state index in [0.717, 1.165) is 47.8 Å². The fourth-order valence-electron chi connectivity index (χ4n) is 4.59. The van der Waals surface area contributed by atoms with Crippen LogP contribution in [-0.4, -0.2) is 39.2 Å². The zero-order chi connectivity index (χ0) is 16.0. The van der Waals surface area contributed by atoms with E-state index in [0.29, 0.717) is 0 Å². The van der Waals surface area contributed by atoms with Gasteiger partial charge in [-0.3, -0.25) is 9.88 Å². The number of rotatable bonds is 3. The number of nitrogens with zero attached hydrogens (tertiary/aromatic N) is 2. The van der Waals surface area contributed by atoms with Crippen molar-refractivity contribution in [2.75, 3.05) is 13.1 Å². The van der Waals surface area contributed by atoms with Crippen molar-refractivity contribution in [2.24, 2.45) is 11.8 Å². The van der Waals surface area contributed by atoms with Crippen molar-refractivity contribution in [1.82, 2.24) is 9.88 Å². The minimum absolute atomic E-state index is 0. The molecule has 0 radical (unpaired) electrons. The number of pyridine rings is 1. The molecule has 0 spiro atoms. The maximum Gasteiger partial charge on any atom is 0.116 e. The molecule has 24 heavy (non-hydrogen) atoms. The number of aliphatic hydroxyl groups is 1. The average Bonchev–Trinajstić information content (AvgIpc) is 2.60. The number of phenolic OH excluding ortho intramolecular Hbond substituents is 1. The molecule has 3 fully saturated rings. The highest BCUT2D eigenvalue weighted by molar-refractivity contribution is 5.85. The van der Waals surface area contributed by atoms with Crippen molar-refractivity contribution in [3.8, 4) is 5.75 Å². The zero-order valence-electron chi connectivity index (χ0n) is 13.9. The summed E-state index contributed by atoms with van der Waals surface area (Å²) in [4.78, 5) is 6.81. The third-order valence-electron chi connectivity index (χ3n) is 5.90. The molecule has 3 aliphatic rings. The van der Waals surface area contributed by atoms with Gasteiger partial charge in [-0.25, -0.2) is 0 Å². The first-order valence-corrected chi connectivity index (χ1v) is 8.67. The van der Waals surface area contributed by atoms with E-state index < -0.39 is 6.10 Å². The van der Waals surface area contributed by atoms with Gasteiger partial charge in [0.15, 0.2) is 0 Å². The average molecular weight is 349 g/mol. The topological polar surface area (TPSA) is 56.6 Å². The molecule has 2 N–H and O–H groups in total. The molecule has 0 amide bonds. The Bertz CT molecular complexity index is 724. The standard InChI is InChI=1S/C19H24N2O2.ClH/c1-2-12-11-21-8-6-13(12)9-18(21)19(23)15-5-7-20-17-4-3-14(22)10-16(15)17;/h3-5,7,10,12-13,18-19,22-23H,2,6,8-9,11H2,1H3;1H/t12-,13-,18?,19+;/m0./s1. The number of hydrogen-bond acceptors (Lipinski definition) is 4. The van der Waals surface area contributed by atoms with Crippen molar-refractivity contribution in [3.63, 3.8) is 0 Å². The normalized spacial score (nSPS) is 30.1. The lowest BCUT2D eigenvalue weighted by molar-refractivity contribution is -0.0562. The fourth-order valence-corrected chi connectivity index (χ4v) is 4.59. The summed E-state index contributed by atoms with van der Waals surface area (Å²) < 4.78 is 0. The van der Waals surface area contributed by atoms with Crippen LogP contribution in [0.3, 0.4) is 0 Å². The first-order valence-electron chi connectivity index (χ1n) is 8.67. The van der Waals surface area contributed by atoms with Gasteiger partial charge in [0.05, 0.1) is 11.6 Å². The maximum atomic E-state index is 11.1. The second kappa shape index (κ2) is 6.87. The molecule has 2 unspecified atom stereocenters. The van der Waals surface area contributed by atoms with Crippen molar-refractivity contribution >= 4 is 23.3 Å². The molecule has 5 atom stereocenters. The molecule has 4 heterocycles. The van der Waals surface area contributed by atoms with Crippen LogP contribution >= 0.6 is 12.4 Å². The van der Waals surface area contributed by atoms with E-state index in [4.69, 9.17) is 0 Å². The molecular formula is C19H25ClN2O2. The SMILES string of the molecule is CC[C@H]1CN2CC[C@H]1CC2[C@H](O)c1ccnc2ccc(O)cc12.Cl. The number of fused-ring (bicyclic) bond motifs is 4. The lowest BCUT2D eigenvalue weighted by atomic mass is 9.72. The summed E-state index contributed by atoms with van der Waals surface area (Å²) in [5.41, 5.74) is 1.71. The summed E-state index contributed by atoms with van der Waals surface area (Å²) in [5, 5.41) is 21.7. The predicted octanol–water partition coefficient (Wildman–Crippen LogP) is 3.52. The quantitative estimate of drug-likeness (QED) is 0.891. The second-order valence-electron chi connectivity index (χ2n) is 7.06. The summed E-state index contributed by atoms with van der Waals surface area (Å²) >= 11 is 0. The van der Waals surface area contributed by atoms with Gasteiger partial charge in [0.1, 0.15) is 5.75 Å². The van der Waals surface area contributed by atoms with E-state index in [-0.39, 0.29) is 24.2 Å². The van der Waals surface area contributed by atoms with Crippen molar-refractivity contribution in [2.45, 2.75) is 38.3 Å². The number of piperidine rings is 3. The van der Waals surface area contributed by atoms with Gasteiger partial charge < -0.3 is 10.2 Å². The zero-order valence-corrected chi connectivity index (χ0v) is 14.7. The molecule has 2 aromatic rings. The predicted molar refractivity (Wildman–Crippen MR) is 97.5 cm³/mol. The molecule has 0 aliphatic carbocycles. The van der Waals surface area contributed by atoms with Crippen LogP contribution < -0.4 is 0 Å². The highest BCUT2D eigenvalue weighted by Crippen LogP contribution is 2.42. The van der Waals surface area contributed by atoms with Crippen molar-refractivity contribution in [1.29, 1.82) is 0 Å². The molecule has 1 aromatic carbocycles. The molecule has 0 saturated carbocycles. The van der Waals surface area contributed by atoms with E-state index in [1.165, 1.54) is 12.8 Å². The number of aromatic nitrogens is 1. The van der Waals surface area contributed by atoms with Crippen molar-refractivity contribution < 1.29 is 10.2 Å². The van der Waals surface area contributed by atoms with E-state index in [2.05, 4.69) is 16.8 Å². The Morgan fingerprint density at radius 3 is 2.88 bits per heavy atom. The third-order valence-corrected chi connectivity index (χ3v) is 5.90. The van der Waals surface area contributed by atoms with E-state index in [9.17, 15) is 10.2 Å². The number of phenols is 1. The van der Waals surface area contributed by atoms with Gasteiger partial charge in [-0.15, -0.1) is 12.4 Å². The Balaban J connectivity index is 0.00000169. The Kier molecular flexibility index (Phi) is 5.00. The number of benzene rings is 1. The van der Waals surface area contributed by atoms with Crippen molar-refractivity contribution in [3.05, 3.63) is 36.0 Å². The Morgan fingerprint density at radius 1 is 1.33 bits per heavy atom. The molecule has 4 nitrogen and oxygen atoms in total. The highest BCUT2D eigenvalue weighted by atomic mass is 35.5. The van der Waals surface area contributed by atoms with Crippen LogP contribution in [0.2, 0.25) is 0 Å². The summed E-state index contributed by atoms with van der Waals surface area (Å²) in [6.45, 7) is 4.48. The molecule has 5 rings (SSSR count). The fraction of sp³-hybridized carbons (Fsp3) is 0.526. The molecule has 3 aliphatic heterocycles. The first-order chi connectivity index (χ1) is 11.2. The van der Waals surface area contributed by atoms with Crippen LogP contribution in [0.25, 0.3) is 10.9 Å². The maximum absolute atomic E-state index is 11.1. The van der Waals surface area contributed by atoms with Gasteiger partial charge in [-0.2, -0.15) is 0 Å². The summed E-state index contributed by atoms with van der Waals surface area (Å²) in [7, 11) is 0. The largest absolute Gasteiger partial charge is 0.508 e. The number of halogens is 1. The van der Waals surface area contributed by atoms with Crippen LogP contribution in [0.4, 0.5) is 0 Å². The first kappa shape index (κ1) is 17.5. The van der Waals surface area contributed by atoms with Gasteiger partial charge >= 0.3 is 0 Å². The lowest BCUT2D eigenvalue weighted by Crippen LogP contribution is -2.55. The van der Waals surface area contributed by atoms with Crippen LogP contribution in [0, 0.1) is 11.8 Å². The number of aromatic hydroxyl groups is 1. The second-order valence-corrected chi connectivity index (χ2v) is 7.06. The highest BCUT2D eigenvalue weighted by Gasteiger charge is 2.42. The molecule has 5 heteroatoms. The lowest BCUT2D eigenvalue weighted by Gasteiger charge is -2.51. The van der Waals surface area contributed by atoms with Gasteiger partial charge in [0.2, 0.25) is 0 Å². The van der Waals surface area contributed by atoms with Crippen LogP contribution in [-0.2, 0) is 0 Å². The third kappa shape index (κ3) is 2.87. The molecule has 130 valence electrons. The van der Waals surface area contributed by atoms with Crippen LogP contribution in [0.15, 0.2) is 30.5 Å². The Morgan fingerprint density at radius 2 is 2.17 bits per heavy atom. The Hall–Kier alpha value is -1.36. The monoisotopic (exact) mass is 348 g/mol. The summed E-state index contributed by atoms with van der Waals surface area (Å²) in [6.07, 6.45) is 4.80. The van der Waals surface area contributed by atoms with E-state index in [1.807, 2.05) is 6.07 Å². The van der Waals surface area contributed by atoms with Gasteiger partial charge in [-0.05, 0) is 61.1 Å². The number of hydrogen-bond donors (Lipinski definition) is 2. The van der Waals surface area contributed by atoms with Gasteiger partial charge in [0.25, 0.3) is 0 Å². The molecule has 3 saturated heterocycles. The Labute approximate surface area is 148 Å². The van der Waals surface area contributed by atoms with E-state index in [1.54, 1.807) is 24.4 Å². The minimum atomic E-state index is -0.525. The summed E-state index contributed by atoms with van der Waals surface area (Å²) in [5.74, 6) is 1.74. The smallest absolute Gasteiger partial charge is 0.116 e. The molecule has 2 bridgehead atoms. The van der Waals surface area contributed by atoms with Crippen LogP contribution in [0.5, 0.6) is 5.75 Å². The van der Waals surface area contributed by atoms with Gasteiger partial charge in [-0.1, -0.05) is 13.3 Å². The molecular weight excluding hydrogens is 324 g/mol. The minimum Gasteiger partial charge on any atom is -0.508 e. The number of aliphatic hydroxyl groups excluding tert-OH is 1. The molecule has 1 aromatic heterocycles. The van der Waals surface area contributed by atoms with Crippen LogP contribution in [0.1, 0.15) is 37.9 Å². The summed E-state index contributed by atoms with van der Waals surface area (Å²) in [6, 6.07) is 7.24.